The lowest BCUT2D eigenvalue weighted by Gasteiger charge is -2.06. The molecule has 3 rings (SSSR count). The van der Waals surface area contributed by atoms with Crippen LogP contribution in [-0.2, 0) is 0 Å². The van der Waals surface area contributed by atoms with Crippen molar-refractivity contribution in [2.45, 2.75) is 6.10 Å². The van der Waals surface area contributed by atoms with Crippen LogP contribution in [0, 0.1) is 11.8 Å². The minimum atomic E-state index is -0.806. The van der Waals surface area contributed by atoms with Gasteiger partial charge in [-0.15, -0.1) is 0 Å². The normalized spacial score (nSPS) is 11.7. The van der Waals surface area contributed by atoms with Crippen molar-refractivity contribution in [2.24, 2.45) is 0 Å². The van der Waals surface area contributed by atoms with E-state index in [9.17, 15) is 5.11 Å². The first-order valence-corrected chi connectivity index (χ1v) is 7.47. The largest absolute Gasteiger partial charge is 0.376 e. The Morgan fingerprint density at radius 1 is 0.857 bits per heavy atom. The first-order chi connectivity index (χ1) is 10.3. The lowest BCUT2D eigenvalue weighted by atomic mass is 10.0. The molecule has 21 heavy (non-hydrogen) atoms. The van der Waals surface area contributed by atoms with Crippen molar-refractivity contribution in [1.29, 1.82) is 0 Å². The van der Waals surface area contributed by atoms with Crippen molar-refractivity contribution in [3.8, 4) is 11.8 Å². The molecule has 1 nitrogen and oxygen atoms in total. The van der Waals surface area contributed by atoms with Crippen LogP contribution in [0.1, 0.15) is 17.2 Å². The molecule has 2 heteroatoms. The summed E-state index contributed by atoms with van der Waals surface area (Å²) in [7, 11) is 0. The molecule has 3 aromatic carbocycles. The highest BCUT2D eigenvalue weighted by Gasteiger charge is 2.07. The van der Waals surface area contributed by atoms with E-state index in [2.05, 4.69) is 39.9 Å². The van der Waals surface area contributed by atoms with Crippen LogP contribution in [0.4, 0.5) is 0 Å². The summed E-state index contributed by atoms with van der Waals surface area (Å²) in [6, 6.07) is 21.7. The predicted octanol–water partition coefficient (Wildman–Crippen LogP) is 4.69. The number of rotatable bonds is 1. The van der Waals surface area contributed by atoms with Crippen molar-refractivity contribution in [3.05, 3.63) is 82.3 Å². The Morgan fingerprint density at radius 2 is 1.57 bits per heavy atom. The number of aliphatic hydroxyl groups is 1. The number of aliphatic hydroxyl groups excluding tert-OH is 1. The maximum atomic E-state index is 10.2. The lowest BCUT2D eigenvalue weighted by Crippen LogP contribution is -1.94. The van der Waals surface area contributed by atoms with Crippen LogP contribution in [0.3, 0.4) is 0 Å². The first kappa shape index (κ1) is 13.9. The van der Waals surface area contributed by atoms with E-state index in [1.54, 1.807) is 0 Å². The maximum Gasteiger partial charge on any atom is 0.141 e. The molecule has 1 N–H and O–H groups in total. The summed E-state index contributed by atoms with van der Waals surface area (Å²) >= 11 is 3.44. The van der Waals surface area contributed by atoms with E-state index in [-0.39, 0.29) is 0 Å². The smallest absolute Gasteiger partial charge is 0.141 e. The summed E-state index contributed by atoms with van der Waals surface area (Å²) in [5.74, 6) is 6.02. The summed E-state index contributed by atoms with van der Waals surface area (Å²) in [4.78, 5) is 0. The second-order valence-electron chi connectivity index (χ2n) is 4.72. The van der Waals surface area contributed by atoms with E-state index < -0.39 is 6.10 Å². The van der Waals surface area contributed by atoms with Gasteiger partial charge in [-0.25, -0.2) is 0 Å². The lowest BCUT2D eigenvalue weighted by molar-refractivity contribution is 0.237. The molecule has 0 radical (unpaired) electrons. The molecule has 0 spiro atoms. The number of fused-ring (bicyclic) bond motifs is 1. The quantitative estimate of drug-likeness (QED) is 0.639. The molecular formula is C19H13BrO. The second-order valence-corrected chi connectivity index (χ2v) is 5.57. The van der Waals surface area contributed by atoms with Gasteiger partial charge < -0.3 is 5.11 Å². The van der Waals surface area contributed by atoms with Gasteiger partial charge in [0.1, 0.15) is 6.10 Å². The fourth-order valence-corrected chi connectivity index (χ4v) is 2.76. The van der Waals surface area contributed by atoms with Crippen molar-refractivity contribution >= 4 is 26.7 Å². The van der Waals surface area contributed by atoms with Gasteiger partial charge in [-0.3, -0.25) is 0 Å². The molecule has 0 fully saturated rings. The van der Waals surface area contributed by atoms with Crippen molar-refractivity contribution in [1.82, 2.24) is 0 Å². The zero-order valence-corrected chi connectivity index (χ0v) is 12.8. The van der Waals surface area contributed by atoms with Crippen LogP contribution in [0.15, 0.2) is 71.2 Å². The molecule has 0 aromatic heterocycles. The molecule has 1 atom stereocenters. The van der Waals surface area contributed by atoms with Crippen LogP contribution >= 0.6 is 15.9 Å². The van der Waals surface area contributed by atoms with Gasteiger partial charge in [-0.1, -0.05) is 82.4 Å². The Morgan fingerprint density at radius 3 is 2.43 bits per heavy atom. The molecular weight excluding hydrogens is 324 g/mol. The van der Waals surface area contributed by atoms with Crippen LogP contribution in [-0.4, -0.2) is 5.11 Å². The number of halogens is 1. The Labute approximate surface area is 132 Å². The Bertz CT molecular complexity index is 837. The molecule has 0 bridgehead atoms. The van der Waals surface area contributed by atoms with E-state index in [0.717, 1.165) is 26.4 Å². The number of hydrogen-bond acceptors (Lipinski definition) is 1. The van der Waals surface area contributed by atoms with E-state index in [1.807, 2.05) is 54.6 Å². The molecule has 0 aliphatic rings. The van der Waals surface area contributed by atoms with E-state index in [4.69, 9.17) is 0 Å². The molecule has 0 aliphatic heterocycles. The highest BCUT2D eigenvalue weighted by atomic mass is 79.9. The van der Waals surface area contributed by atoms with E-state index in [1.165, 1.54) is 0 Å². The number of hydrogen-bond donors (Lipinski definition) is 1. The predicted molar refractivity (Wildman–Crippen MR) is 89.9 cm³/mol. The SMILES string of the molecule is OC(C#Cc1cccc2ccccc12)c1ccccc1Br. The summed E-state index contributed by atoms with van der Waals surface area (Å²) in [5.41, 5.74) is 1.71. The summed E-state index contributed by atoms with van der Waals surface area (Å²) in [5, 5.41) is 12.5. The first-order valence-electron chi connectivity index (χ1n) is 6.67. The second kappa shape index (κ2) is 6.13. The third-order valence-corrected chi connectivity index (χ3v) is 4.06. The highest BCUT2D eigenvalue weighted by Crippen LogP contribution is 2.23. The zero-order valence-electron chi connectivity index (χ0n) is 11.3. The standard InChI is InChI=1S/C19H13BrO/c20-18-11-4-3-10-17(18)19(21)13-12-15-8-5-7-14-6-1-2-9-16(14)15/h1-11,19,21H. The van der Waals surface area contributed by atoms with Gasteiger partial charge in [0, 0.05) is 15.6 Å². The molecule has 0 saturated carbocycles. The van der Waals surface area contributed by atoms with Gasteiger partial charge in [0.05, 0.1) is 0 Å². The topological polar surface area (TPSA) is 20.2 Å². The minimum Gasteiger partial charge on any atom is -0.376 e. The van der Waals surface area contributed by atoms with Crippen LogP contribution in [0.5, 0.6) is 0 Å². The molecule has 0 saturated heterocycles. The Hall–Kier alpha value is -2.08. The molecule has 0 heterocycles. The highest BCUT2D eigenvalue weighted by molar-refractivity contribution is 9.10. The van der Waals surface area contributed by atoms with Crippen molar-refractivity contribution in [2.75, 3.05) is 0 Å². The van der Waals surface area contributed by atoms with Crippen LogP contribution < -0.4 is 0 Å². The van der Waals surface area contributed by atoms with Crippen LogP contribution in [0.2, 0.25) is 0 Å². The average molecular weight is 337 g/mol. The van der Waals surface area contributed by atoms with Gasteiger partial charge >= 0.3 is 0 Å². The molecule has 0 amide bonds. The van der Waals surface area contributed by atoms with Gasteiger partial charge in [-0.2, -0.15) is 0 Å². The summed E-state index contributed by atoms with van der Waals surface area (Å²) in [6.07, 6.45) is -0.806. The number of benzene rings is 3. The average Bonchev–Trinajstić information content (AvgIpc) is 2.53. The fourth-order valence-electron chi connectivity index (χ4n) is 2.26. The molecule has 3 aromatic rings. The summed E-state index contributed by atoms with van der Waals surface area (Å²) in [6.45, 7) is 0. The molecule has 0 aliphatic carbocycles. The van der Waals surface area contributed by atoms with E-state index >= 15 is 0 Å². The Balaban J connectivity index is 1.98. The molecule has 102 valence electrons. The third kappa shape index (κ3) is 3.00. The van der Waals surface area contributed by atoms with Gasteiger partial charge in [-0.05, 0) is 22.9 Å². The van der Waals surface area contributed by atoms with Crippen LogP contribution in [0.25, 0.3) is 10.8 Å². The van der Waals surface area contributed by atoms with Gasteiger partial charge in [0.15, 0.2) is 0 Å². The fraction of sp³-hybridized carbons (Fsp3) is 0.0526. The maximum absolute atomic E-state index is 10.2. The van der Waals surface area contributed by atoms with Crippen molar-refractivity contribution < 1.29 is 5.11 Å². The zero-order chi connectivity index (χ0) is 14.7. The Kier molecular flexibility index (Phi) is 4.06. The summed E-state index contributed by atoms with van der Waals surface area (Å²) < 4.78 is 0.865. The third-order valence-electron chi connectivity index (χ3n) is 3.33. The van der Waals surface area contributed by atoms with E-state index in [0.29, 0.717) is 0 Å². The molecule has 1 unspecified atom stereocenters. The monoisotopic (exact) mass is 336 g/mol. The van der Waals surface area contributed by atoms with Gasteiger partial charge in [0.25, 0.3) is 0 Å². The van der Waals surface area contributed by atoms with Crippen molar-refractivity contribution in [3.63, 3.8) is 0 Å². The van der Waals surface area contributed by atoms with Gasteiger partial charge in [0.2, 0.25) is 0 Å². The minimum absolute atomic E-state index is 0.783.